The highest BCUT2D eigenvalue weighted by atomic mass is 35.5. The zero-order valence-corrected chi connectivity index (χ0v) is 18.8. The SMILES string of the molecule is O=C1CCCN1CCCNc1cc(-c2ccc3c(c2)OCO3)cc(-c2cc(Cl)ccc2O)n1. The molecule has 0 unspecified atom stereocenters. The van der Waals surface area contributed by atoms with Crippen LogP contribution in [0.15, 0.2) is 48.5 Å². The summed E-state index contributed by atoms with van der Waals surface area (Å²) in [6, 6.07) is 14.6. The minimum Gasteiger partial charge on any atom is -0.507 e. The monoisotopic (exact) mass is 465 g/mol. The summed E-state index contributed by atoms with van der Waals surface area (Å²) in [5.41, 5.74) is 3.00. The lowest BCUT2D eigenvalue weighted by Crippen LogP contribution is -2.27. The maximum Gasteiger partial charge on any atom is 0.231 e. The van der Waals surface area contributed by atoms with Crippen molar-refractivity contribution in [1.82, 2.24) is 9.88 Å². The van der Waals surface area contributed by atoms with Gasteiger partial charge in [-0.1, -0.05) is 17.7 Å². The minimum atomic E-state index is 0.105. The van der Waals surface area contributed by atoms with Gasteiger partial charge in [0.05, 0.1) is 5.69 Å². The molecule has 1 fully saturated rings. The fourth-order valence-electron chi connectivity index (χ4n) is 4.14. The number of hydrogen-bond donors (Lipinski definition) is 2. The Morgan fingerprint density at radius 1 is 1.06 bits per heavy atom. The van der Waals surface area contributed by atoms with Gasteiger partial charge < -0.3 is 24.8 Å². The number of anilines is 1. The summed E-state index contributed by atoms with van der Waals surface area (Å²) in [6.07, 6.45) is 2.41. The molecule has 1 saturated heterocycles. The summed E-state index contributed by atoms with van der Waals surface area (Å²) in [4.78, 5) is 18.5. The largest absolute Gasteiger partial charge is 0.507 e. The van der Waals surface area contributed by atoms with Gasteiger partial charge in [-0.15, -0.1) is 0 Å². The normalized spacial score (nSPS) is 14.7. The number of nitrogens with one attached hydrogen (secondary N) is 1. The number of benzene rings is 2. The number of halogens is 1. The second-order valence-electron chi connectivity index (χ2n) is 8.12. The van der Waals surface area contributed by atoms with E-state index >= 15 is 0 Å². The zero-order chi connectivity index (χ0) is 22.8. The van der Waals surface area contributed by atoms with Crippen molar-refractivity contribution in [3.05, 3.63) is 53.6 Å². The van der Waals surface area contributed by atoms with Crippen LogP contribution in [0, 0.1) is 0 Å². The van der Waals surface area contributed by atoms with Crippen molar-refractivity contribution in [2.24, 2.45) is 0 Å². The molecule has 5 rings (SSSR count). The number of fused-ring (bicyclic) bond motifs is 1. The summed E-state index contributed by atoms with van der Waals surface area (Å²) in [5.74, 6) is 2.42. The number of phenolic OH excluding ortho intramolecular Hbond substituents is 1. The molecule has 2 aliphatic heterocycles. The number of carbonyl (C=O) groups is 1. The van der Waals surface area contributed by atoms with Gasteiger partial charge in [-0.2, -0.15) is 0 Å². The smallest absolute Gasteiger partial charge is 0.231 e. The molecule has 0 atom stereocenters. The van der Waals surface area contributed by atoms with Crippen LogP contribution in [0.25, 0.3) is 22.4 Å². The van der Waals surface area contributed by atoms with Crippen LogP contribution in [0.1, 0.15) is 19.3 Å². The predicted molar refractivity (Wildman–Crippen MR) is 127 cm³/mol. The number of rotatable bonds is 7. The Morgan fingerprint density at radius 2 is 1.94 bits per heavy atom. The first kappa shape index (κ1) is 21.4. The molecule has 0 spiro atoms. The van der Waals surface area contributed by atoms with Crippen LogP contribution in [0.2, 0.25) is 5.02 Å². The standard InChI is InChI=1S/C25H24ClN3O4/c26-18-5-6-21(30)19(14-18)20-11-17(16-4-7-22-23(12-16)33-15-32-22)13-24(28-20)27-8-2-10-29-9-1-3-25(29)31/h4-7,11-14,30H,1-3,8-10,15H2,(H,27,28). The van der Waals surface area contributed by atoms with Crippen LogP contribution in [-0.2, 0) is 4.79 Å². The van der Waals surface area contributed by atoms with Crippen molar-refractivity contribution in [2.45, 2.75) is 19.3 Å². The lowest BCUT2D eigenvalue weighted by Gasteiger charge is -2.16. The fourth-order valence-corrected chi connectivity index (χ4v) is 4.31. The summed E-state index contributed by atoms with van der Waals surface area (Å²) in [6.45, 7) is 2.45. The van der Waals surface area contributed by atoms with Gasteiger partial charge >= 0.3 is 0 Å². The quantitative estimate of drug-likeness (QED) is 0.481. The van der Waals surface area contributed by atoms with E-state index < -0.39 is 0 Å². The van der Waals surface area contributed by atoms with Crippen molar-refractivity contribution in [1.29, 1.82) is 0 Å². The van der Waals surface area contributed by atoms with Crippen LogP contribution in [-0.4, -0.2) is 47.3 Å². The molecule has 3 heterocycles. The predicted octanol–water partition coefficient (Wildman–Crippen LogP) is 4.93. The van der Waals surface area contributed by atoms with Crippen molar-refractivity contribution in [2.75, 3.05) is 31.7 Å². The Hall–Kier alpha value is -3.45. The van der Waals surface area contributed by atoms with E-state index in [1.165, 1.54) is 0 Å². The Bertz CT molecular complexity index is 1200. The van der Waals surface area contributed by atoms with Crippen LogP contribution in [0.3, 0.4) is 0 Å². The van der Waals surface area contributed by atoms with Gasteiger partial charge in [-0.3, -0.25) is 4.79 Å². The van der Waals surface area contributed by atoms with Gasteiger partial charge in [0.2, 0.25) is 12.7 Å². The first-order valence-electron chi connectivity index (χ1n) is 11.0. The average molecular weight is 466 g/mol. The Balaban J connectivity index is 1.42. The second-order valence-corrected chi connectivity index (χ2v) is 8.56. The molecule has 170 valence electrons. The van der Waals surface area contributed by atoms with Gasteiger partial charge in [-0.25, -0.2) is 4.98 Å². The molecule has 3 aromatic rings. The molecule has 2 aliphatic rings. The topological polar surface area (TPSA) is 83.9 Å². The lowest BCUT2D eigenvalue weighted by molar-refractivity contribution is -0.127. The van der Waals surface area contributed by atoms with Gasteiger partial charge in [0.15, 0.2) is 11.5 Å². The third-order valence-corrected chi connectivity index (χ3v) is 6.08. The number of hydrogen-bond acceptors (Lipinski definition) is 6. The number of amides is 1. The number of aromatic hydroxyl groups is 1. The number of likely N-dealkylation sites (tertiary alicyclic amines) is 1. The van der Waals surface area contributed by atoms with E-state index in [4.69, 9.17) is 26.1 Å². The first-order valence-corrected chi connectivity index (χ1v) is 11.4. The van der Waals surface area contributed by atoms with Crippen molar-refractivity contribution in [3.63, 3.8) is 0 Å². The molecule has 2 aromatic carbocycles. The number of pyridine rings is 1. The zero-order valence-electron chi connectivity index (χ0n) is 18.0. The molecule has 1 amide bonds. The number of carbonyl (C=O) groups excluding carboxylic acids is 1. The second kappa shape index (κ2) is 9.19. The van der Waals surface area contributed by atoms with Crippen LogP contribution < -0.4 is 14.8 Å². The first-order chi connectivity index (χ1) is 16.1. The van der Waals surface area contributed by atoms with Gasteiger partial charge in [0.1, 0.15) is 11.6 Å². The van der Waals surface area contributed by atoms with Crippen LogP contribution >= 0.6 is 11.6 Å². The molecule has 0 aliphatic carbocycles. The molecule has 7 nitrogen and oxygen atoms in total. The van der Waals surface area contributed by atoms with Gasteiger partial charge in [-0.05, 0) is 66.4 Å². The van der Waals surface area contributed by atoms with E-state index in [1.54, 1.807) is 18.2 Å². The van der Waals surface area contributed by atoms with Crippen LogP contribution in [0.4, 0.5) is 5.82 Å². The fraction of sp³-hybridized carbons (Fsp3) is 0.280. The summed E-state index contributed by atoms with van der Waals surface area (Å²) < 4.78 is 11.0. The molecular formula is C25H24ClN3O4. The summed E-state index contributed by atoms with van der Waals surface area (Å²) >= 11 is 6.19. The summed E-state index contributed by atoms with van der Waals surface area (Å²) in [5, 5.41) is 14.3. The van der Waals surface area contributed by atoms with E-state index in [0.29, 0.717) is 40.8 Å². The van der Waals surface area contributed by atoms with Gasteiger partial charge in [0.25, 0.3) is 0 Å². The molecule has 0 saturated carbocycles. The van der Waals surface area contributed by atoms with Crippen molar-refractivity contribution in [3.8, 4) is 39.6 Å². The van der Waals surface area contributed by atoms with E-state index in [1.807, 2.05) is 35.2 Å². The maximum atomic E-state index is 11.8. The Kier molecular flexibility index (Phi) is 5.96. The summed E-state index contributed by atoms with van der Waals surface area (Å²) in [7, 11) is 0. The van der Waals surface area contributed by atoms with E-state index in [-0.39, 0.29) is 18.4 Å². The molecule has 2 N–H and O–H groups in total. The number of phenols is 1. The molecule has 8 heteroatoms. The van der Waals surface area contributed by atoms with Crippen molar-refractivity contribution >= 4 is 23.3 Å². The highest BCUT2D eigenvalue weighted by molar-refractivity contribution is 6.31. The molecular weight excluding hydrogens is 442 g/mol. The molecule has 1 aromatic heterocycles. The number of ether oxygens (including phenoxy) is 2. The van der Waals surface area contributed by atoms with E-state index in [9.17, 15) is 9.90 Å². The molecule has 33 heavy (non-hydrogen) atoms. The third-order valence-electron chi connectivity index (χ3n) is 5.85. The Morgan fingerprint density at radius 3 is 2.79 bits per heavy atom. The van der Waals surface area contributed by atoms with Gasteiger partial charge in [0, 0.05) is 36.6 Å². The third kappa shape index (κ3) is 4.68. The van der Waals surface area contributed by atoms with E-state index in [0.717, 1.165) is 42.8 Å². The molecule has 0 bridgehead atoms. The lowest BCUT2D eigenvalue weighted by atomic mass is 10.0. The highest BCUT2D eigenvalue weighted by Crippen LogP contribution is 2.38. The Labute approximate surface area is 196 Å². The number of aromatic nitrogens is 1. The van der Waals surface area contributed by atoms with Crippen molar-refractivity contribution < 1.29 is 19.4 Å². The van der Waals surface area contributed by atoms with Crippen LogP contribution in [0.5, 0.6) is 17.2 Å². The minimum absolute atomic E-state index is 0.105. The number of nitrogens with zero attached hydrogens (tertiary/aromatic N) is 2. The molecule has 0 radical (unpaired) electrons. The van der Waals surface area contributed by atoms with E-state index in [2.05, 4.69) is 5.32 Å². The average Bonchev–Trinajstić information content (AvgIpc) is 3.46. The highest BCUT2D eigenvalue weighted by Gasteiger charge is 2.19. The maximum absolute atomic E-state index is 11.8.